The van der Waals surface area contributed by atoms with Gasteiger partial charge in [0.15, 0.2) is 0 Å². The van der Waals surface area contributed by atoms with Crippen molar-refractivity contribution in [2.75, 3.05) is 6.61 Å². The second kappa shape index (κ2) is 9.02. The van der Waals surface area contributed by atoms with Crippen LogP contribution in [-0.4, -0.2) is 24.0 Å². The Kier molecular flexibility index (Phi) is 6.75. The fourth-order valence-corrected chi connectivity index (χ4v) is 2.20. The van der Waals surface area contributed by atoms with Gasteiger partial charge in [-0.05, 0) is 48.2 Å². The van der Waals surface area contributed by atoms with Gasteiger partial charge in [-0.2, -0.15) is 0 Å². The predicted octanol–water partition coefficient (Wildman–Crippen LogP) is 4.29. The normalized spacial score (nSPS) is 11.5. The summed E-state index contributed by atoms with van der Waals surface area (Å²) >= 11 is 0. The van der Waals surface area contributed by atoms with Crippen molar-refractivity contribution in [3.8, 4) is 16.9 Å². The van der Waals surface area contributed by atoms with E-state index in [4.69, 9.17) is 9.47 Å². The molecular formula is C22H24O4. The van der Waals surface area contributed by atoms with Crippen molar-refractivity contribution in [1.29, 1.82) is 0 Å². The van der Waals surface area contributed by atoms with Crippen LogP contribution >= 0.6 is 0 Å². The summed E-state index contributed by atoms with van der Waals surface area (Å²) < 4.78 is 10.5. The minimum atomic E-state index is -1.00. The average Bonchev–Trinajstić information content (AvgIpc) is 2.62. The summed E-state index contributed by atoms with van der Waals surface area (Å²) in [4.78, 5) is 11.4. The van der Waals surface area contributed by atoms with E-state index in [2.05, 4.69) is 13.2 Å². The summed E-state index contributed by atoms with van der Waals surface area (Å²) in [6.07, 6.45) is -0.343. The first-order valence-electron chi connectivity index (χ1n) is 8.39. The summed E-state index contributed by atoms with van der Waals surface area (Å²) in [6.45, 7) is 10.9. The smallest absolute Gasteiger partial charge is 0.333 e. The number of carbonyl (C=O) groups excluding carboxylic acids is 1. The molecule has 1 unspecified atom stereocenters. The predicted molar refractivity (Wildman–Crippen MR) is 103 cm³/mol. The summed E-state index contributed by atoms with van der Waals surface area (Å²) in [5.41, 5.74) is 4.16. The molecule has 0 aliphatic heterocycles. The van der Waals surface area contributed by atoms with Gasteiger partial charge in [-0.25, -0.2) is 4.79 Å². The number of carbonyl (C=O) groups is 1. The van der Waals surface area contributed by atoms with Crippen LogP contribution in [0, 0.1) is 0 Å². The van der Waals surface area contributed by atoms with Crippen molar-refractivity contribution in [3.05, 3.63) is 78.4 Å². The second-order valence-electron chi connectivity index (χ2n) is 6.20. The molecule has 1 N–H and O–H groups in total. The molecule has 0 aliphatic carbocycles. The molecule has 0 radical (unpaired) electrons. The maximum Gasteiger partial charge on any atom is 0.333 e. The van der Waals surface area contributed by atoms with E-state index in [9.17, 15) is 9.90 Å². The van der Waals surface area contributed by atoms with Crippen molar-refractivity contribution < 1.29 is 19.4 Å². The third-order valence-corrected chi connectivity index (χ3v) is 3.78. The Morgan fingerprint density at radius 2 is 1.54 bits per heavy atom. The number of rotatable bonds is 8. The number of benzene rings is 2. The summed E-state index contributed by atoms with van der Waals surface area (Å²) in [5.74, 6) is 0.223. The first kappa shape index (κ1) is 19.5. The highest BCUT2D eigenvalue weighted by atomic mass is 16.6. The van der Waals surface area contributed by atoms with Crippen LogP contribution in [0.1, 0.15) is 19.4 Å². The van der Waals surface area contributed by atoms with E-state index in [0.717, 1.165) is 16.7 Å². The van der Waals surface area contributed by atoms with E-state index in [1.54, 1.807) is 13.8 Å². The standard InChI is InChI=1S/C22H24O4/c1-15(2)21(23)25-14-13-17-5-7-18(8-6-17)19-9-11-20(12-10-19)26-22(24)16(3)4/h5-12,22,24H,1,3,13-14H2,2,4H3. The number of aliphatic hydroxyl groups is 1. The van der Waals surface area contributed by atoms with Gasteiger partial charge in [-0.15, -0.1) is 0 Å². The van der Waals surface area contributed by atoms with E-state index >= 15 is 0 Å². The van der Waals surface area contributed by atoms with E-state index in [0.29, 0.717) is 29.9 Å². The van der Waals surface area contributed by atoms with Crippen LogP contribution in [0.3, 0.4) is 0 Å². The summed E-state index contributed by atoms with van der Waals surface area (Å²) in [7, 11) is 0. The molecule has 2 aromatic rings. The van der Waals surface area contributed by atoms with Gasteiger partial charge >= 0.3 is 5.97 Å². The average molecular weight is 352 g/mol. The first-order chi connectivity index (χ1) is 12.4. The van der Waals surface area contributed by atoms with Gasteiger partial charge in [0.2, 0.25) is 6.29 Å². The van der Waals surface area contributed by atoms with Gasteiger partial charge in [0.1, 0.15) is 5.75 Å². The molecule has 0 aromatic heterocycles. The molecule has 2 rings (SSSR count). The topological polar surface area (TPSA) is 55.8 Å². The van der Waals surface area contributed by atoms with Crippen LogP contribution < -0.4 is 4.74 Å². The highest BCUT2D eigenvalue weighted by Gasteiger charge is 2.07. The quantitative estimate of drug-likeness (QED) is 0.333. The van der Waals surface area contributed by atoms with E-state index in [1.807, 2.05) is 48.5 Å². The SMILES string of the molecule is C=C(C)C(=O)OCCc1ccc(-c2ccc(OC(O)C(=C)C)cc2)cc1. The molecule has 0 saturated heterocycles. The zero-order chi connectivity index (χ0) is 19.1. The molecule has 26 heavy (non-hydrogen) atoms. The Morgan fingerprint density at radius 1 is 1.00 bits per heavy atom. The van der Waals surface area contributed by atoms with Gasteiger partial charge in [0.25, 0.3) is 0 Å². The highest BCUT2D eigenvalue weighted by molar-refractivity contribution is 5.86. The van der Waals surface area contributed by atoms with Crippen molar-refractivity contribution in [2.24, 2.45) is 0 Å². The first-order valence-corrected chi connectivity index (χ1v) is 8.39. The number of hydrogen-bond donors (Lipinski definition) is 1. The number of ether oxygens (including phenoxy) is 2. The Bertz CT molecular complexity index is 773. The number of hydrogen-bond acceptors (Lipinski definition) is 4. The van der Waals surface area contributed by atoms with Crippen molar-refractivity contribution in [3.63, 3.8) is 0 Å². The third-order valence-electron chi connectivity index (χ3n) is 3.78. The monoisotopic (exact) mass is 352 g/mol. The van der Waals surface area contributed by atoms with Gasteiger partial charge < -0.3 is 14.6 Å². The van der Waals surface area contributed by atoms with Crippen LogP contribution in [0.2, 0.25) is 0 Å². The van der Waals surface area contributed by atoms with Crippen LogP contribution in [0.5, 0.6) is 5.75 Å². The lowest BCUT2D eigenvalue weighted by Crippen LogP contribution is -2.15. The molecule has 0 fully saturated rings. The maximum atomic E-state index is 11.4. The van der Waals surface area contributed by atoms with Gasteiger partial charge in [-0.3, -0.25) is 0 Å². The zero-order valence-corrected chi connectivity index (χ0v) is 15.2. The Hall–Kier alpha value is -2.85. The largest absolute Gasteiger partial charge is 0.462 e. The molecule has 0 aliphatic rings. The van der Waals surface area contributed by atoms with Crippen LogP contribution in [-0.2, 0) is 16.0 Å². The summed E-state index contributed by atoms with van der Waals surface area (Å²) in [6, 6.07) is 15.6. The van der Waals surface area contributed by atoms with E-state index in [1.165, 1.54) is 0 Å². The van der Waals surface area contributed by atoms with Crippen LogP contribution in [0.25, 0.3) is 11.1 Å². The third kappa shape index (κ3) is 5.60. The molecule has 2 aromatic carbocycles. The van der Waals surface area contributed by atoms with Crippen LogP contribution in [0.15, 0.2) is 72.8 Å². The molecule has 0 heterocycles. The molecule has 0 amide bonds. The molecular weight excluding hydrogens is 328 g/mol. The van der Waals surface area contributed by atoms with Gasteiger partial charge in [-0.1, -0.05) is 49.6 Å². The molecule has 4 heteroatoms. The van der Waals surface area contributed by atoms with E-state index < -0.39 is 6.29 Å². The molecule has 0 spiro atoms. The van der Waals surface area contributed by atoms with Crippen LogP contribution in [0.4, 0.5) is 0 Å². The van der Waals surface area contributed by atoms with Crippen molar-refractivity contribution >= 4 is 5.97 Å². The Labute approximate surface area is 154 Å². The summed E-state index contributed by atoms with van der Waals surface area (Å²) in [5, 5.41) is 9.67. The van der Waals surface area contributed by atoms with Crippen molar-refractivity contribution in [2.45, 2.75) is 26.6 Å². The highest BCUT2D eigenvalue weighted by Crippen LogP contribution is 2.24. The minimum Gasteiger partial charge on any atom is -0.462 e. The Morgan fingerprint density at radius 3 is 2.04 bits per heavy atom. The number of esters is 1. The molecule has 0 saturated carbocycles. The zero-order valence-electron chi connectivity index (χ0n) is 15.2. The maximum absolute atomic E-state index is 11.4. The van der Waals surface area contributed by atoms with Gasteiger partial charge in [0.05, 0.1) is 6.61 Å². The van der Waals surface area contributed by atoms with E-state index in [-0.39, 0.29) is 5.97 Å². The Balaban J connectivity index is 1.94. The van der Waals surface area contributed by atoms with Gasteiger partial charge in [0, 0.05) is 12.0 Å². The fourth-order valence-electron chi connectivity index (χ4n) is 2.20. The lowest BCUT2D eigenvalue weighted by atomic mass is 10.0. The number of aliphatic hydroxyl groups excluding tert-OH is 1. The lowest BCUT2D eigenvalue weighted by Gasteiger charge is -2.13. The molecule has 136 valence electrons. The molecule has 1 atom stereocenters. The lowest BCUT2D eigenvalue weighted by molar-refractivity contribution is -0.138. The fraction of sp³-hybridized carbons (Fsp3) is 0.227. The molecule has 4 nitrogen and oxygen atoms in total. The minimum absolute atomic E-state index is 0.335. The molecule has 0 bridgehead atoms. The van der Waals surface area contributed by atoms with Crippen molar-refractivity contribution in [1.82, 2.24) is 0 Å². The second-order valence-corrected chi connectivity index (χ2v) is 6.20.